The molecule has 0 aromatic heterocycles. The smallest absolute Gasteiger partial charge is 0.151 e. The minimum Gasteiger partial charge on any atom is -0.298 e. The minimum atomic E-state index is 0.744. The van der Waals surface area contributed by atoms with Crippen molar-refractivity contribution in [2.24, 2.45) is 0 Å². The first-order chi connectivity index (χ1) is 6.29. The number of carbonyl (C=O) groups is 1. The molecule has 1 nitrogen and oxygen atoms in total. The molecule has 0 aliphatic rings. The zero-order valence-electron chi connectivity index (χ0n) is 7.72. The number of aryl methyl sites for hydroxylation is 1. The Bertz CT molecular complexity index is 294. The summed E-state index contributed by atoms with van der Waals surface area (Å²) in [4.78, 5) is 10.6. The molecule has 0 amide bonds. The lowest BCUT2D eigenvalue weighted by Crippen LogP contribution is -1.90. The van der Waals surface area contributed by atoms with Crippen LogP contribution >= 0.6 is 15.9 Å². The van der Waals surface area contributed by atoms with E-state index in [1.807, 2.05) is 12.1 Å². The van der Waals surface area contributed by atoms with Crippen LogP contribution in [0, 0.1) is 0 Å². The van der Waals surface area contributed by atoms with E-state index in [2.05, 4.69) is 28.9 Å². The summed E-state index contributed by atoms with van der Waals surface area (Å²) >= 11 is 3.44. The van der Waals surface area contributed by atoms with Crippen molar-refractivity contribution in [3.63, 3.8) is 0 Å². The van der Waals surface area contributed by atoms with E-state index < -0.39 is 0 Å². The van der Waals surface area contributed by atoms with E-state index in [4.69, 9.17) is 0 Å². The molecule has 0 N–H and O–H groups in total. The van der Waals surface area contributed by atoms with Gasteiger partial charge in [-0.25, -0.2) is 0 Å². The standard InChI is InChI=1S/C11H13BrO/c1-2-3-5-9-6-4-7-10(8-13)11(9)12/h4,6-8H,2-3,5H2,1H3. The average molecular weight is 241 g/mol. The predicted octanol–water partition coefficient (Wildman–Crippen LogP) is 3.60. The second-order valence-corrected chi connectivity index (χ2v) is 3.83. The quantitative estimate of drug-likeness (QED) is 0.736. The van der Waals surface area contributed by atoms with Crippen LogP contribution in [0.25, 0.3) is 0 Å². The number of hydrogen-bond donors (Lipinski definition) is 0. The van der Waals surface area contributed by atoms with E-state index in [9.17, 15) is 4.79 Å². The molecule has 0 heterocycles. The number of hydrogen-bond acceptors (Lipinski definition) is 1. The zero-order valence-corrected chi connectivity index (χ0v) is 9.30. The lowest BCUT2D eigenvalue weighted by molar-refractivity contribution is 0.112. The molecule has 2 heteroatoms. The van der Waals surface area contributed by atoms with Gasteiger partial charge in [-0.3, -0.25) is 4.79 Å². The largest absolute Gasteiger partial charge is 0.298 e. The Kier molecular flexibility index (Phi) is 4.16. The Morgan fingerprint density at radius 1 is 1.46 bits per heavy atom. The highest BCUT2D eigenvalue weighted by Gasteiger charge is 2.03. The summed E-state index contributed by atoms with van der Waals surface area (Å²) in [6, 6.07) is 5.82. The Balaban J connectivity index is 2.87. The lowest BCUT2D eigenvalue weighted by Gasteiger charge is -2.04. The first kappa shape index (κ1) is 10.5. The topological polar surface area (TPSA) is 17.1 Å². The van der Waals surface area contributed by atoms with Gasteiger partial charge in [0.2, 0.25) is 0 Å². The molecule has 0 aliphatic carbocycles. The summed E-state index contributed by atoms with van der Waals surface area (Å²) in [5, 5.41) is 0. The van der Waals surface area contributed by atoms with Gasteiger partial charge in [-0.15, -0.1) is 0 Å². The molecule has 0 bridgehead atoms. The second kappa shape index (κ2) is 5.18. The van der Waals surface area contributed by atoms with E-state index >= 15 is 0 Å². The highest BCUT2D eigenvalue weighted by Crippen LogP contribution is 2.21. The fraction of sp³-hybridized carbons (Fsp3) is 0.364. The van der Waals surface area contributed by atoms with Gasteiger partial charge in [-0.05, 0) is 34.3 Å². The van der Waals surface area contributed by atoms with Crippen LogP contribution in [0.2, 0.25) is 0 Å². The monoisotopic (exact) mass is 240 g/mol. The van der Waals surface area contributed by atoms with Crippen molar-refractivity contribution >= 4 is 22.2 Å². The molecule has 0 unspecified atom stereocenters. The number of unbranched alkanes of at least 4 members (excludes halogenated alkanes) is 1. The van der Waals surface area contributed by atoms with Crippen LogP contribution in [0.15, 0.2) is 22.7 Å². The van der Waals surface area contributed by atoms with E-state index in [1.54, 1.807) is 0 Å². The average Bonchev–Trinajstić information content (AvgIpc) is 2.16. The molecule has 13 heavy (non-hydrogen) atoms. The van der Waals surface area contributed by atoms with Crippen molar-refractivity contribution < 1.29 is 4.79 Å². The van der Waals surface area contributed by atoms with E-state index in [0.29, 0.717) is 0 Å². The molecule has 70 valence electrons. The Labute approximate surface area is 87.3 Å². The third kappa shape index (κ3) is 2.66. The summed E-state index contributed by atoms with van der Waals surface area (Å²) in [5.74, 6) is 0. The minimum absolute atomic E-state index is 0.744. The van der Waals surface area contributed by atoms with Crippen molar-refractivity contribution in [1.29, 1.82) is 0 Å². The molecular weight excluding hydrogens is 228 g/mol. The van der Waals surface area contributed by atoms with Gasteiger partial charge in [-0.2, -0.15) is 0 Å². The molecule has 0 radical (unpaired) electrons. The maximum atomic E-state index is 10.6. The Morgan fingerprint density at radius 3 is 2.85 bits per heavy atom. The maximum absolute atomic E-state index is 10.6. The molecular formula is C11H13BrO. The number of aldehydes is 1. The van der Waals surface area contributed by atoms with Crippen LogP contribution in [0.5, 0.6) is 0 Å². The van der Waals surface area contributed by atoms with Gasteiger partial charge in [0.15, 0.2) is 6.29 Å². The van der Waals surface area contributed by atoms with E-state index in [1.165, 1.54) is 18.4 Å². The number of carbonyl (C=O) groups excluding carboxylic acids is 1. The zero-order chi connectivity index (χ0) is 9.68. The second-order valence-electron chi connectivity index (χ2n) is 3.04. The van der Waals surface area contributed by atoms with Crippen molar-refractivity contribution in [2.45, 2.75) is 26.2 Å². The first-order valence-corrected chi connectivity index (χ1v) is 5.31. The Morgan fingerprint density at radius 2 is 2.23 bits per heavy atom. The summed E-state index contributed by atoms with van der Waals surface area (Å²) in [7, 11) is 0. The van der Waals surface area contributed by atoms with Gasteiger partial charge in [0.1, 0.15) is 0 Å². The summed E-state index contributed by atoms with van der Waals surface area (Å²) in [6.07, 6.45) is 4.27. The third-order valence-corrected chi connectivity index (χ3v) is 3.00. The lowest BCUT2D eigenvalue weighted by atomic mass is 10.1. The molecule has 0 saturated carbocycles. The van der Waals surface area contributed by atoms with Crippen LogP contribution in [0.4, 0.5) is 0 Å². The van der Waals surface area contributed by atoms with Crippen molar-refractivity contribution in [3.8, 4) is 0 Å². The van der Waals surface area contributed by atoms with Crippen LogP contribution in [0.1, 0.15) is 35.7 Å². The number of benzene rings is 1. The number of rotatable bonds is 4. The summed E-state index contributed by atoms with van der Waals surface area (Å²) < 4.78 is 0.957. The molecule has 1 aromatic carbocycles. The molecule has 0 fully saturated rings. The molecule has 0 spiro atoms. The highest BCUT2D eigenvalue weighted by molar-refractivity contribution is 9.10. The fourth-order valence-electron chi connectivity index (χ4n) is 1.25. The van der Waals surface area contributed by atoms with Crippen molar-refractivity contribution in [2.75, 3.05) is 0 Å². The molecule has 0 aliphatic heterocycles. The van der Waals surface area contributed by atoms with Crippen molar-refractivity contribution in [3.05, 3.63) is 33.8 Å². The van der Waals surface area contributed by atoms with Crippen LogP contribution in [-0.2, 0) is 6.42 Å². The maximum Gasteiger partial charge on any atom is 0.151 e. The van der Waals surface area contributed by atoms with Gasteiger partial charge in [-0.1, -0.05) is 31.5 Å². The molecule has 1 aromatic rings. The first-order valence-electron chi connectivity index (χ1n) is 4.52. The SMILES string of the molecule is CCCCc1cccc(C=O)c1Br. The predicted molar refractivity (Wildman–Crippen MR) is 58.1 cm³/mol. The van der Waals surface area contributed by atoms with Crippen LogP contribution < -0.4 is 0 Å². The normalized spacial score (nSPS) is 10.0. The third-order valence-electron chi connectivity index (χ3n) is 2.04. The van der Waals surface area contributed by atoms with Gasteiger partial charge in [0.05, 0.1) is 0 Å². The van der Waals surface area contributed by atoms with E-state index in [-0.39, 0.29) is 0 Å². The summed E-state index contributed by atoms with van der Waals surface area (Å²) in [6.45, 7) is 2.16. The number of halogens is 1. The molecule has 0 saturated heterocycles. The summed E-state index contributed by atoms with van der Waals surface area (Å²) in [5.41, 5.74) is 1.97. The fourth-order valence-corrected chi connectivity index (χ4v) is 1.81. The highest BCUT2D eigenvalue weighted by atomic mass is 79.9. The van der Waals surface area contributed by atoms with Crippen LogP contribution in [0.3, 0.4) is 0 Å². The Hall–Kier alpha value is -0.630. The van der Waals surface area contributed by atoms with Gasteiger partial charge in [0, 0.05) is 10.0 Å². The van der Waals surface area contributed by atoms with Gasteiger partial charge in [0.25, 0.3) is 0 Å². The van der Waals surface area contributed by atoms with Gasteiger partial charge < -0.3 is 0 Å². The van der Waals surface area contributed by atoms with E-state index in [0.717, 1.165) is 22.7 Å². The molecule has 1 rings (SSSR count). The van der Waals surface area contributed by atoms with Gasteiger partial charge >= 0.3 is 0 Å². The van der Waals surface area contributed by atoms with Crippen LogP contribution in [-0.4, -0.2) is 6.29 Å². The molecule has 0 atom stereocenters. The van der Waals surface area contributed by atoms with Crippen molar-refractivity contribution in [1.82, 2.24) is 0 Å².